The third-order valence-corrected chi connectivity index (χ3v) is 7.18. The van der Waals surface area contributed by atoms with Gasteiger partial charge in [-0.25, -0.2) is 27.6 Å². The Kier molecular flexibility index (Phi) is 24.3. The number of nitrogens with zero attached hydrogens (tertiary/aromatic N) is 1. The van der Waals surface area contributed by atoms with Crippen LogP contribution in [0.4, 0.5) is 18.0 Å². The Morgan fingerprint density at radius 2 is 0.966 bits per heavy atom. The van der Waals surface area contributed by atoms with Crippen LogP contribution in [0.15, 0.2) is 36.4 Å². The van der Waals surface area contributed by atoms with E-state index in [0.717, 1.165) is 0 Å². The zero-order valence-electron chi connectivity index (χ0n) is 34.8. The van der Waals surface area contributed by atoms with Gasteiger partial charge in [-0.3, -0.25) is 0 Å². The first-order chi connectivity index (χ1) is 26.7. The number of amides is 1. The number of carbonyl (C=O) groups is 3. The number of hydrogen-bond acceptors (Lipinski definition) is 12. The van der Waals surface area contributed by atoms with Crippen molar-refractivity contribution in [1.82, 2.24) is 5.32 Å². The Labute approximate surface area is 355 Å². The Bertz CT molecular complexity index is 1860. The maximum Gasteiger partial charge on any atom is 0.418 e. The highest BCUT2D eigenvalue weighted by Crippen LogP contribution is 2.28. The first-order valence-corrected chi connectivity index (χ1v) is 18.1. The summed E-state index contributed by atoms with van der Waals surface area (Å²) in [6.45, 7) is 15.4. The van der Waals surface area contributed by atoms with Crippen molar-refractivity contribution in [1.29, 1.82) is 5.26 Å². The molecule has 0 saturated carbocycles. The SMILES string of the molecule is C.CC(C)(C)OC(=O)C(=O)OC(C)(C)C.COc1ccc(C#N)c(CN)c1F.COc1ccc(Cl)c(CN)c1F.COc1ccc(Cl)c(CNC(=O)OC(C)(C)C)c1F. The molecular formula is C41H57Cl2F3N4O9. The van der Waals surface area contributed by atoms with E-state index < -0.39 is 52.3 Å². The number of benzene rings is 3. The van der Waals surface area contributed by atoms with Gasteiger partial charge in [-0.05, 0) is 98.7 Å². The highest BCUT2D eigenvalue weighted by molar-refractivity contribution is 6.31. The van der Waals surface area contributed by atoms with E-state index >= 15 is 0 Å². The van der Waals surface area contributed by atoms with Crippen LogP contribution in [0.2, 0.25) is 10.0 Å². The van der Waals surface area contributed by atoms with Gasteiger partial charge in [0.2, 0.25) is 0 Å². The van der Waals surface area contributed by atoms with Gasteiger partial charge in [0, 0.05) is 39.8 Å². The molecule has 0 spiro atoms. The van der Waals surface area contributed by atoms with E-state index in [4.69, 9.17) is 68.4 Å². The summed E-state index contributed by atoms with van der Waals surface area (Å²) in [7, 11) is 4.12. The topological polar surface area (TPSA) is 194 Å². The lowest BCUT2D eigenvalue weighted by atomic mass is 10.1. The molecule has 0 saturated heterocycles. The summed E-state index contributed by atoms with van der Waals surface area (Å²) in [6, 6.07) is 10.7. The average molecular weight is 878 g/mol. The number of nitrogens with two attached hydrogens (primary N) is 2. The molecule has 0 unspecified atom stereocenters. The molecule has 0 fully saturated rings. The Morgan fingerprint density at radius 3 is 1.31 bits per heavy atom. The normalized spacial score (nSPS) is 10.5. The predicted octanol–water partition coefficient (Wildman–Crippen LogP) is 8.93. The third-order valence-electron chi connectivity index (χ3n) is 6.47. The van der Waals surface area contributed by atoms with Gasteiger partial charge in [0.1, 0.15) is 16.8 Å². The summed E-state index contributed by atoms with van der Waals surface area (Å²) in [5.41, 5.74) is 9.54. The van der Waals surface area contributed by atoms with Gasteiger partial charge in [-0.1, -0.05) is 30.6 Å². The Balaban J connectivity index is 0. The molecule has 0 aliphatic heterocycles. The molecule has 0 heterocycles. The van der Waals surface area contributed by atoms with Crippen molar-refractivity contribution in [3.05, 3.63) is 86.1 Å². The van der Waals surface area contributed by atoms with Gasteiger partial charge in [0.25, 0.3) is 0 Å². The molecular weight excluding hydrogens is 820 g/mol. The highest BCUT2D eigenvalue weighted by Gasteiger charge is 2.28. The molecule has 3 aromatic rings. The molecule has 59 heavy (non-hydrogen) atoms. The summed E-state index contributed by atoms with van der Waals surface area (Å²) in [5, 5.41) is 11.6. The van der Waals surface area contributed by atoms with Crippen molar-refractivity contribution in [3.8, 4) is 23.3 Å². The first-order valence-electron chi connectivity index (χ1n) is 17.3. The van der Waals surface area contributed by atoms with Crippen molar-refractivity contribution in [2.45, 2.75) is 106 Å². The van der Waals surface area contributed by atoms with Crippen LogP contribution in [-0.2, 0) is 43.4 Å². The largest absolute Gasteiger partial charge is 0.494 e. The Hall–Kier alpha value is -4.95. The smallest absolute Gasteiger partial charge is 0.418 e. The number of nitriles is 1. The number of rotatable bonds is 7. The number of methoxy groups -OCH3 is 3. The summed E-state index contributed by atoms with van der Waals surface area (Å²) in [5.74, 6) is -3.17. The third kappa shape index (κ3) is 20.5. The van der Waals surface area contributed by atoms with Crippen LogP contribution < -0.4 is 31.0 Å². The van der Waals surface area contributed by atoms with Crippen molar-refractivity contribution in [3.63, 3.8) is 0 Å². The van der Waals surface area contributed by atoms with E-state index in [1.54, 1.807) is 68.4 Å². The van der Waals surface area contributed by atoms with E-state index in [1.165, 1.54) is 51.7 Å². The predicted molar refractivity (Wildman–Crippen MR) is 221 cm³/mol. The highest BCUT2D eigenvalue weighted by atomic mass is 35.5. The summed E-state index contributed by atoms with van der Waals surface area (Å²) >= 11 is 11.6. The second-order valence-corrected chi connectivity index (χ2v) is 15.4. The lowest BCUT2D eigenvalue weighted by Gasteiger charge is -2.22. The molecule has 13 nitrogen and oxygen atoms in total. The zero-order valence-corrected chi connectivity index (χ0v) is 36.3. The molecule has 0 aliphatic carbocycles. The molecule has 0 radical (unpaired) electrons. The van der Waals surface area contributed by atoms with Crippen molar-refractivity contribution in [2.24, 2.45) is 11.5 Å². The van der Waals surface area contributed by atoms with Gasteiger partial charge < -0.3 is 45.2 Å². The van der Waals surface area contributed by atoms with Crippen LogP contribution in [0.25, 0.3) is 0 Å². The van der Waals surface area contributed by atoms with Gasteiger partial charge in [-0.15, -0.1) is 0 Å². The van der Waals surface area contributed by atoms with Crippen LogP contribution in [0, 0.1) is 28.8 Å². The maximum absolute atomic E-state index is 13.9. The van der Waals surface area contributed by atoms with Crippen LogP contribution in [0.1, 0.15) is 92.0 Å². The van der Waals surface area contributed by atoms with E-state index in [-0.39, 0.29) is 71.6 Å². The van der Waals surface area contributed by atoms with E-state index in [9.17, 15) is 27.6 Å². The monoisotopic (exact) mass is 876 g/mol. The number of ether oxygens (including phenoxy) is 6. The Morgan fingerprint density at radius 1 is 0.627 bits per heavy atom. The van der Waals surface area contributed by atoms with Crippen molar-refractivity contribution < 1.29 is 56.0 Å². The van der Waals surface area contributed by atoms with Crippen LogP contribution in [0.3, 0.4) is 0 Å². The van der Waals surface area contributed by atoms with Crippen LogP contribution in [-0.4, -0.2) is 56.2 Å². The van der Waals surface area contributed by atoms with Gasteiger partial charge >= 0.3 is 18.0 Å². The van der Waals surface area contributed by atoms with E-state index in [2.05, 4.69) is 5.32 Å². The fourth-order valence-corrected chi connectivity index (χ4v) is 4.43. The second kappa shape index (κ2) is 25.5. The number of halogens is 5. The first kappa shape index (κ1) is 56.1. The molecule has 5 N–H and O–H groups in total. The summed E-state index contributed by atoms with van der Waals surface area (Å²) in [6.07, 6.45) is -0.634. The number of alkyl carbamates (subject to hydrolysis) is 1. The fourth-order valence-electron chi connectivity index (χ4n) is 3.99. The van der Waals surface area contributed by atoms with Gasteiger partial charge in [0.05, 0.1) is 39.5 Å². The number of esters is 2. The molecule has 1 amide bonds. The minimum absolute atomic E-state index is 0. The maximum atomic E-state index is 13.9. The number of nitrogens with one attached hydrogen (secondary N) is 1. The van der Waals surface area contributed by atoms with Gasteiger partial charge in [-0.2, -0.15) is 5.26 Å². The summed E-state index contributed by atoms with van der Waals surface area (Å²) in [4.78, 5) is 33.8. The number of carbonyl (C=O) groups excluding carboxylic acids is 3. The lowest BCUT2D eigenvalue weighted by molar-refractivity contribution is -0.180. The quantitative estimate of drug-likeness (QED) is 0.116. The average Bonchev–Trinajstić information content (AvgIpc) is 3.10. The van der Waals surface area contributed by atoms with Crippen molar-refractivity contribution in [2.75, 3.05) is 21.3 Å². The molecule has 0 aliphatic rings. The van der Waals surface area contributed by atoms with Gasteiger partial charge in [0.15, 0.2) is 34.7 Å². The van der Waals surface area contributed by atoms with Crippen LogP contribution in [0.5, 0.6) is 17.2 Å². The fraction of sp³-hybridized carbons (Fsp3) is 0.463. The molecule has 0 aromatic heterocycles. The molecule has 3 rings (SSSR count). The second-order valence-electron chi connectivity index (χ2n) is 14.6. The molecule has 0 bridgehead atoms. The lowest BCUT2D eigenvalue weighted by Crippen LogP contribution is -2.34. The molecule has 18 heteroatoms. The molecule has 3 aromatic carbocycles. The van der Waals surface area contributed by atoms with Crippen LogP contribution >= 0.6 is 23.2 Å². The van der Waals surface area contributed by atoms with E-state index in [1.807, 2.05) is 6.07 Å². The summed E-state index contributed by atoms with van der Waals surface area (Å²) < 4.78 is 69.6. The molecule has 330 valence electrons. The van der Waals surface area contributed by atoms with Crippen molar-refractivity contribution >= 4 is 41.2 Å². The van der Waals surface area contributed by atoms with E-state index in [0.29, 0.717) is 5.02 Å². The standard InChI is InChI=1S/C13H17ClFNO3.C10H18O4.C9H9FN2O.C8H9ClFNO.CH4/c1-13(2,3)19-12(17)16-7-8-9(14)5-6-10(18-4)11(8)15;1-9(2,3)13-7(11)8(12)14-10(4,5)6;1-13-8-3-2-6(4-11)7(5-12)9(8)10;1-12-7-3-2-6(9)5(4-11)8(7)10;/h5-6H,7H2,1-4H3,(H,16,17);1-6H3;2-3H,5,12H2,1H3;2-3H,4,11H2,1H3;1H4. The molecule has 0 atom stereocenters. The minimum atomic E-state index is -0.951. The minimum Gasteiger partial charge on any atom is -0.494 e. The number of hydrogen-bond donors (Lipinski definition) is 3. The zero-order chi connectivity index (χ0) is 45.2.